The third-order valence-corrected chi connectivity index (χ3v) is 4.41. The van der Waals surface area contributed by atoms with Crippen molar-refractivity contribution in [1.82, 2.24) is 10.4 Å². The third-order valence-electron chi connectivity index (χ3n) is 3.86. The van der Waals surface area contributed by atoms with E-state index < -0.39 is 5.97 Å². The van der Waals surface area contributed by atoms with Gasteiger partial charge in [0, 0.05) is 23.0 Å². The number of ether oxygens (including phenoxy) is 2. The van der Waals surface area contributed by atoms with E-state index in [0.717, 1.165) is 0 Å². The number of aromatic nitrogens is 1. The second-order valence-corrected chi connectivity index (χ2v) is 6.70. The number of hydrazone groups is 1. The minimum Gasteiger partial charge on any atom is -0.493 e. The number of rotatable bonds is 6. The molecule has 0 aliphatic rings. The van der Waals surface area contributed by atoms with Gasteiger partial charge in [-0.25, -0.2) is 10.2 Å². The molecule has 1 heterocycles. The lowest BCUT2D eigenvalue weighted by molar-refractivity contribution is 0.0729. The van der Waals surface area contributed by atoms with Gasteiger partial charge >= 0.3 is 5.97 Å². The van der Waals surface area contributed by atoms with Crippen LogP contribution in [0.4, 0.5) is 0 Å². The summed E-state index contributed by atoms with van der Waals surface area (Å²) in [5.41, 5.74) is 3.64. The molecule has 3 rings (SSSR count). The summed E-state index contributed by atoms with van der Waals surface area (Å²) in [5, 5.41) is 4.50. The van der Waals surface area contributed by atoms with Crippen molar-refractivity contribution in [1.29, 1.82) is 0 Å². The van der Waals surface area contributed by atoms with Crippen LogP contribution in [0.1, 0.15) is 26.3 Å². The SMILES string of the molecule is COc1cc(/C=N/NC(=O)c2ccncc2)ccc1OC(=O)c1ccc(Cl)cc1Cl. The molecule has 0 fully saturated rings. The Labute approximate surface area is 182 Å². The van der Waals surface area contributed by atoms with Crippen LogP contribution in [-0.2, 0) is 0 Å². The van der Waals surface area contributed by atoms with Gasteiger partial charge in [0.25, 0.3) is 5.91 Å². The molecule has 0 bridgehead atoms. The number of methoxy groups -OCH3 is 1. The van der Waals surface area contributed by atoms with E-state index in [1.54, 1.807) is 36.4 Å². The Hall–Kier alpha value is -3.42. The minimum atomic E-state index is -0.652. The van der Waals surface area contributed by atoms with Gasteiger partial charge in [-0.1, -0.05) is 23.2 Å². The van der Waals surface area contributed by atoms with Crippen LogP contribution in [0.2, 0.25) is 10.0 Å². The molecule has 0 radical (unpaired) electrons. The molecule has 7 nitrogen and oxygen atoms in total. The van der Waals surface area contributed by atoms with Gasteiger partial charge in [-0.05, 0) is 54.1 Å². The zero-order chi connectivity index (χ0) is 21.5. The number of pyridine rings is 1. The fraction of sp³-hybridized carbons (Fsp3) is 0.0476. The molecule has 0 aliphatic carbocycles. The van der Waals surface area contributed by atoms with Crippen LogP contribution in [0, 0.1) is 0 Å². The highest BCUT2D eigenvalue weighted by Gasteiger charge is 2.16. The summed E-state index contributed by atoms with van der Waals surface area (Å²) in [4.78, 5) is 28.2. The van der Waals surface area contributed by atoms with E-state index in [-0.39, 0.29) is 22.2 Å². The topological polar surface area (TPSA) is 89.9 Å². The maximum Gasteiger partial charge on any atom is 0.345 e. The van der Waals surface area contributed by atoms with Crippen molar-refractivity contribution in [3.63, 3.8) is 0 Å². The third kappa shape index (κ3) is 5.34. The zero-order valence-corrected chi connectivity index (χ0v) is 17.1. The van der Waals surface area contributed by atoms with Crippen LogP contribution in [0.15, 0.2) is 66.0 Å². The molecule has 152 valence electrons. The number of carbonyl (C=O) groups excluding carboxylic acids is 2. The normalized spacial score (nSPS) is 10.6. The van der Waals surface area contributed by atoms with Crippen LogP contribution < -0.4 is 14.9 Å². The lowest BCUT2D eigenvalue weighted by Gasteiger charge is -2.10. The average molecular weight is 444 g/mol. The summed E-state index contributed by atoms with van der Waals surface area (Å²) >= 11 is 11.9. The quantitative estimate of drug-likeness (QED) is 0.264. The van der Waals surface area contributed by atoms with Gasteiger partial charge in [0.05, 0.1) is 23.9 Å². The number of nitrogens with zero attached hydrogens (tertiary/aromatic N) is 2. The van der Waals surface area contributed by atoms with Gasteiger partial charge in [-0.2, -0.15) is 5.10 Å². The maximum absolute atomic E-state index is 12.4. The average Bonchev–Trinajstić information content (AvgIpc) is 2.75. The molecule has 1 aromatic heterocycles. The number of hydrogen-bond acceptors (Lipinski definition) is 6. The molecule has 3 aromatic rings. The Morgan fingerprint density at radius 3 is 2.50 bits per heavy atom. The van der Waals surface area contributed by atoms with Gasteiger partial charge in [0.1, 0.15) is 0 Å². The largest absolute Gasteiger partial charge is 0.493 e. The highest BCUT2D eigenvalue weighted by Crippen LogP contribution is 2.29. The summed E-state index contributed by atoms with van der Waals surface area (Å²) in [7, 11) is 1.44. The molecule has 0 saturated heterocycles. The summed E-state index contributed by atoms with van der Waals surface area (Å²) in [6, 6.07) is 12.4. The number of benzene rings is 2. The zero-order valence-electron chi connectivity index (χ0n) is 15.6. The predicted octanol–water partition coefficient (Wildman–Crippen LogP) is 4.38. The van der Waals surface area contributed by atoms with E-state index in [4.69, 9.17) is 32.7 Å². The first-order valence-corrected chi connectivity index (χ1v) is 9.32. The van der Waals surface area contributed by atoms with Gasteiger partial charge in [-0.3, -0.25) is 9.78 Å². The molecule has 30 heavy (non-hydrogen) atoms. The van der Waals surface area contributed by atoms with Crippen molar-refractivity contribution in [2.45, 2.75) is 0 Å². The molecule has 0 spiro atoms. The summed E-state index contributed by atoms with van der Waals surface area (Å²) in [5.74, 6) is -0.517. The number of halogens is 2. The molecule has 0 atom stereocenters. The Balaban J connectivity index is 1.70. The maximum atomic E-state index is 12.4. The van der Waals surface area contributed by atoms with E-state index in [9.17, 15) is 9.59 Å². The van der Waals surface area contributed by atoms with Crippen LogP contribution in [0.25, 0.3) is 0 Å². The van der Waals surface area contributed by atoms with Crippen molar-refractivity contribution >= 4 is 41.3 Å². The number of amides is 1. The molecular formula is C21H15Cl2N3O4. The lowest BCUT2D eigenvalue weighted by atomic mass is 10.2. The summed E-state index contributed by atoms with van der Waals surface area (Å²) in [6.07, 6.45) is 4.46. The molecule has 1 amide bonds. The molecule has 0 aliphatic heterocycles. The van der Waals surface area contributed by atoms with Crippen molar-refractivity contribution in [2.75, 3.05) is 7.11 Å². The smallest absolute Gasteiger partial charge is 0.345 e. The molecule has 0 saturated carbocycles. The van der Waals surface area contributed by atoms with E-state index in [2.05, 4.69) is 15.5 Å². The van der Waals surface area contributed by atoms with Crippen molar-refractivity contribution in [3.8, 4) is 11.5 Å². The van der Waals surface area contributed by atoms with E-state index in [1.165, 1.54) is 37.9 Å². The Morgan fingerprint density at radius 1 is 1.03 bits per heavy atom. The monoisotopic (exact) mass is 443 g/mol. The molecule has 2 aromatic carbocycles. The van der Waals surface area contributed by atoms with Crippen LogP contribution in [0.3, 0.4) is 0 Å². The standard InChI is InChI=1S/C21H15Cl2N3O4/c1-29-19-10-13(12-25-26-20(27)14-6-8-24-9-7-14)2-5-18(19)30-21(28)16-4-3-15(22)11-17(16)23/h2-12H,1H3,(H,26,27)/b25-12+. The predicted molar refractivity (Wildman–Crippen MR) is 114 cm³/mol. The molecule has 0 unspecified atom stereocenters. The number of nitrogens with one attached hydrogen (secondary N) is 1. The highest BCUT2D eigenvalue weighted by atomic mass is 35.5. The first-order valence-electron chi connectivity index (χ1n) is 8.56. The van der Waals surface area contributed by atoms with Gasteiger partial charge in [0.15, 0.2) is 11.5 Å². The Morgan fingerprint density at radius 2 is 1.80 bits per heavy atom. The number of hydrogen-bond donors (Lipinski definition) is 1. The molecule has 1 N–H and O–H groups in total. The van der Waals surface area contributed by atoms with Crippen LogP contribution in [0.5, 0.6) is 11.5 Å². The minimum absolute atomic E-state index is 0.174. The molecule has 9 heteroatoms. The van der Waals surface area contributed by atoms with E-state index in [0.29, 0.717) is 21.9 Å². The van der Waals surface area contributed by atoms with Crippen molar-refractivity contribution < 1.29 is 19.1 Å². The van der Waals surface area contributed by atoms with Crippen LogP contribution in [-0.4, -0.2) is 30.2 Å². The first kappa shape index (κ1) is 21.3. The van der Waals surface area contributed by atoms with Crippen molar-refractivity contribution in [3.05, 3.63) is 87.7 Å². The number of carbonyl (C=O) groups is 2. The van der Waals surface area contributed by atoms with Gasteiger partial charge < -0.3 is 9.47 Å². The second kappa shape index (κ2) is 9.87. The van der Waals surface area contributed by atoms with Gasteiger partial charge in [-0.15, -0.1) is 0 Å². The summed E-state index contributed by atoms with van der Waals surface area (Å²) < 4.78 is 10.7. The van der Waals surface area contributed by atoms with Crippen LogP contribution >= 0.6 is 23.2 Å². The first-order chi connectivity index (χ1) is 14.5. The van der Waals surface area contributed by atoms with E-state index >= 15 is 0 Å². The fourth-order valence-electron chi connectivity index (χ4n) is 2.39. The van der Waals surface area contributed by atoms with Crippen molar-refractivity contribution in [2.24, 2.45) is 5.10 Å². The lowest BCUT2D eigenvalue weighted by Crippen LogP contribution is -2.17. The summed E-state index contributed by atoms with van der Waals surface area (Å²) in [6.45, 7) is 0. The highest BCUT2D eigenvalue weighted by molar-refractivity contribution is 6.36. The Kier molecular flexibility index (Phi) is 7.00. The molecular weight excluding hydrogens is 429 g/mol. The number of esters is 1. The second-order valence-electron chi connectivity index (χ2n) is 5.86. The Bertz CT molecular complexity index is 1100. The fourth-order valence-corrected chi connectivity index (χ4v) is 2.88. The van der Waals surface area contributed by atoms with Gasteiger partial charge in [0.2, 0.25) is 0 Å². The van der Waals surface area contributed by atoms with E-state index in [1.807, 2.05) is 0 Å².